The van der Waals surface area contributed by atoms with E-state index in [1.54, 1.807) is 0 Å². The third-order valence-corrected chi connectivity index (χ3v) is 3.44. The zero-order chi connectivity index (χ0) is 11.5. The van der Waals surface area contributed by atoms with Crippen LogP contribution in [0.4, 0.5) is 5.69 Å². The van der Waals surface area contributed by atoms with Crippen LogP contribution >= 0.6 is 0 Å². The Labute approximate surface area is 97.5 Å². The monoisotopic (exact) mass is 214 g/mol. The van der Waals surface area contributed by atoms with Gasteiger partial charge >= 0.3 is 0 Å². The maximum absolute atomic E-state index is 8.85. The fourth-order valence-corrected chi connectivity index (χ4v) is 2.50. The molecule has 1 aromatic carbocycles. The average Bonchev–Trinajstić information content (AvgIpc) is 2.30. The summed E-state index contributed by atoms with van der Waals surface area (Å²) in [6, 6.07) is 8.81. The lowest BCUT2D eigenvalue weighted by Crippen LogP contribution is -2.37. The maximum Gasteiger partial charge on any atom is 0.0991 e. The van der Waals surface area contributed by atoms with Gasteiger partial charge in [0.15, 0.2) is 0 Å². The summed E-state index contributed by atoms with van der Waals surface area (Å²) < 4.78 is 0. The van der Waals surface area contributed by atoms with Crippen molar-refractivity contribution in [1.29, 1.82) is 5.26 Å². The van der Waals surface area contributed by atoms with Gasteiger partial charge in [0.2, 0.25) is 0 Å². The minimum absolute atomic E-state index is 0.625. The molecule has 0 spiro atoms. The number of rotatable bonds is 1. The highest BCUT2D eigenvalue weighted by atomic mass is 15.2. The van der Waals surface area contributed by atoms with Crippen molar-refractivity contribution in [3.63, 3.8) is 0 Å². The van der Waals surface area contributed by atoms with Crippen LogP contribution in [0, 0.1) is 18.3 Å². The molecule has 2 rings (SSSR count). The van der Waals surface area contributed by atoms with Gasteiger partial charge in [-0.25, -0.2) is 0 Å². The smallest absolute Gasteiger partial charge is 0.0991 e. The number of hydrogen-bond donors (Lipinski definition) is 0. The molecule has 2 nitrogen and oxygen atoms in total. The lowest BCUT2D eigenvalue weighted by Gasteiger charge is -2.36. The Morgan fingerprint density at radius 3 is 2.81 bits per heavy atom. The quantitative estimate of drug-likeness (QED) is 0.717. The number of aryl methyl sites for hydroxylation is 1. The molecule has 84 valence electrons. The summed E-state index contributed by atoms with van der Waals surface area (Å²) in [4.78, 5) is 2.47. The Hall–Kier alpha value is -1.49. The first-order valence-corrected chi connectivity index (χ1v) is 6.00. The van der Waals surface area contributed by atoms with Gasteiger partial charge in [-0.1, -0.05) is 0 Å². The van der Waals surface area contributed by atoms with Crippen molar-refractivity contribution in [3.8, 4) is 6.07 Å². The van der Waals surface area contributed by atoms with E-state index in [-0.39, 0.29) is 0 Å². The van der Waals surface area contributed by atoms with E-state index in [1.807, 2.05) is 12.1 Å². The molecule has 0 bridgehead atoms. The second kappa shape index (κ2) is 4.57. The van der Waals surface area contributed by atoms with E-state index in [4.69, 9.17) is 5.26 Å². The lowest BCUT2D eigenvalue weighted by molar-refractivity contribution is 0.484. The summed E-state index contributed by atoms with van der Waals surface area (Å²) in [5.41, 5.74) is 3.27. The molecule has 0 saturated carbocycles. The van der Waals surface area contributed by atoms with Crippen LogP contribution < -0.4 is 4.90 Å². The highest BCUT2D eigenvalue weighted by Crippen LogP contribution is 2.27. The number of piperidine rings is 1. The molecule has 16 heavy (non-hydrogen) atoms. The third kappa shape index (κ3) is 2.04. The fourth-order valence-electron chi connectivity index (χ4n) is 2.50. The fraction of sp³-hybridized carbons (Fsp3) is 0.500. The molecule has 1 aliphatic heterocycles. The van der Waals surface area contributed by atoms with Gasteiger partial charge in [0, 0.05) is 18.3 Å². The van der Waals surface area contributed by atoms with Gasteiger partial charge in [-0.2, -0.15) is 5.26 Å². The van der Waals surface area contributed by atoms with Crippen molar-refractivity contribution in [3.05, 3.63) is 29.3 Å². The summed E-state index contributed by atoms with van der Waals surface area (Å²) in [6.45, 7) is 5.53. The molecule has 0 N–H and O–H groups in total. The number of nitrogens with zero attached hydrogens (tertiary/aromatic N) is 2. The van der Waals surface area contributed by atoms with E-state index in [1.165, 1.54) is 30.5 Å². The normalized spacial score (nSPS) is 20.6. The molecule has 1 saturated heterocycles. The Kier molecular flexibility index (Phi) is 3.14. The van der Waals surface area contributed by atoms with E-state index >= 15 is 0 Å². The van der Waals surface area contributed by atoms with E-state index in [0.717, 1.165) is 12.1 Å². The number of anilines is 1. The van der Waals surface area contributed by atoms with Crippen LogP contribution in [-0.2, 0) is 0 Å². The predicted octanol–water partition coefficient (Wildman–Crippen LogP) is 3.25. The SMILES string of the molecule is Cc1cc(C#N)ccc1N1CCCCC1C. The summed E-state index contributed by atoms with van der Waals surface area (Å²) in [5.74, 6) is 0. The second-order valence-electron chi connectivity index (χ2n) is 4.65. The minimum atomic E-state index is 0.625. The Bertz CT molecular complexity index is 417. The van der Waals surface area contributed by atoms with Gasteiger partial charge in [0.05, 0.1) is 11.6 Å². The van der Waals surface area contributed by atoms with Crippen molar-refractivity contribution in [2.24, 2.45) is 0 Å². The molecule has 0 aliphatic carbocycles. The number of hydrogen-bond acceptors (Lipinski definition) is 2. The van der Waals surface area contributed by atoms with E-state index in [9.17, 15) is 0 Å². The first-order valence-electron chi connectivity index (χ1n) is 6.00. The van der Waals surface area contributed by atoms with Crippen molar-refractivity contribution >= 4 is 5.69 Å². The highest BCUT2D eigenvalue weighted by molar-refractivity contribution is 5.57. The molecule has 0 aromatic heterocycles. The van der Waals surface area contributed by atoms with Gasteiger partial charge in [-0.15, -0.1) is 0 Å². The van der Waals surface area contributed by atoms with Crippen LogP contribution in [0.15, 0.2) is 18.2 Å². The summed E-state index contributed by atoms with van der Waals surface area (Å²) >= 11 is 0. The first-order chi connectivity index (χ1) is 7.72. The van der Waals surface area contributed by atoms with Crippen molar-refractivity contribution < 1.29 is 0 Å². The summed E-state index contributed by atoms with van der Waals surface area (Å²) in [5, 5.41) is 8.85. The molecule has 0 radical (unpaired) electrons. The molecule has 1 heterocycles. The lowest BCUT2D eigenvalue weighted by atomic mass is 10.0. The van der Waals surface area contributed by atoms with Crippen LogP contribution in [0.1, 0.15) is 37.3 Å². The maximum atomic E-state index is 8.85. The molecule has 2 heteroatoms. The number of benzene rings is 1. The van der Waals surface area contributed by atoms with Gasteiger partial charge in [-0.05, 0) is 56.9 Å². The van der Waals surface area contributed by atoms with Crippen LogP contribution in [0.25, 0.3) is 0 Å². The second-order valence-corrected chi connectivity index (χ2v) is 4.65. The van der Waals surface area contributed by atoms with Gasteiger partial charge < -0.3 is 4.90 Å². The standard InChI is InChI=1S/C14H18N2/c1-11-9-13(10-15)6-7-14(11)16-8-4-3-5-12(16)2/h6-7,9,12H,3-5,8H2,1-2H3. The predicted molar refractivity (Wildman–Crippen MR) is 66.6 cm³/mol. The van der Waals surface area contributed by atoms with Gasteiger partial charge in [0.1, 0.15) is 0 Å². The molecular weight excluding hydrogens is 196 g/mol. The summed E-state index contributed by atoms with van der Waals surface area (Å²) in [6.07, 6.45) is 3.90. The molecule has 1 unspecified atom stereocenters. The van der Waals surface area contributed by atoms with Gasteiger partial charge in [-0.3, -0.25) is 0 Å². The zero-order valence-corrected chi connectivity index (χ0v) is 10.0. The van der Waals surface area contributed by atoms with Crippen molar-refractivity contribution in [2.75, 3.05) is 11.4 Å². The van der Waals surface area contributed by atoms with Crippen LogP contribution in [0.2, 0.25) is 0 Å². The Balaban J connectivity index is 2.29. The topological polar surface area (TPSA) is 27.0 Å². The van der Waals surface area contributed by atoms with Crippen molar-refractivity contribution in [2.45, 2.75) is 39.2 Å². The molecule has 1 fully saturated rings. The molecule has 1 aliphatic rings. The average molecular weight is 214 g/mol. The molecule has 0 amide bonds. The van der Waals surface area contributed by atoms with E-state index < -0.39 is 0 Å². The van der Waals surface area contributed by atoms with E-state index in [2.05, 4.69) is 30.9 Å². The van der Waals surface area contributed by atoms with E-state index in [0.29, 0.717) is 6.04 Å². The molecule has 1 aromatic rings. The molecule has 1 atom stereocenters. The Morgan fingerprint density at radius 2 is 2.19 bits per heavy atom. The minimum Gasteiger partial charge on any atom is -0.369 e. The molecular formula is C14H18N2. The van der Waals surface area contributed by atoms with Crippen LogP contribution in [0.5, 0.6) is 0 Å². The van der Waals surface area contributed by atoms with Crippen LogP contribution in [0.3, 0.4) is 0 Å². The largest absolute Gasteiger partial charge is 0.369 e. The zero-order valence-electron chi connectivity index (χ0n) is 10.0. The van der Waals surface area contributed by atoms with Gasteiger partial charge in [0.25, 0.3) is 0 Å². The van der Waals surface area contributed by atoms with Crippen molar-refractivity contribution in [1.82, 2.24) is 0 Å². The first kappa shape index (κ1) is 11.0. The highest BCUT2D eigenvalue weighted by Gasteiger charge is 2.19. The summed E-state index contributed by atoms with van der Waals surface area (Å²) in [7, 11) is 0. The third-order valence-electron chi connectivity index (χ3n) is 3.44. The Morgan fingerprint density at radius 1 is 1.38 bits per heavy atom. The number of nitriles is 1. The van der Waals surface area contributed by atoms with Crippen LogP contribution in [-0.4, -0.2) is 12.6 Å².